The number of hydrogen-bond donors (Lipinski definition) is 1. The lowest BCUT2D eigenvalue weighted by molar-refractivity contribution is -0.156. The fourth-order valence-electron chi connectivity index (χ4n) is 0.901. The fraction of sp³-hybridized carbons (Fsp3) is 0.385. The molecule has 1 aromatic carbocycles. The molecule has 0 bridgehead atoms. The second kappa shape index (κ2) is 7.14. The Labute approximate surface area is 118 Å². The first kappa shape index (κ1) is 19.0. The Hall–Kier alpha value is -1.99. The Morgan fingerprint density at radius 2 is 1.62 bits per heavy atom. The molecule has 0 aromatic heterocycles. The topological polar surface area (TPSA) is 46.2 Å². The monoisotopic (exact) mass is 311 g/mol. The minimum absolute atomic E-state index is 0.00340. The number of amides is 1. The third kappa shape index (κ3) is 8.01. The largest absolute Gasteiger partial charge is 0.446 e. The van der Waals surface area contributed by atoms with Crippen molar-refractivity contribution in [1.29, 1.82) is 0 Å². The molecule has 0 aliphatic carbocycles. The molecule has 1 aromatic rings. The van der Waals surface area contributed by atoms with E-state index in [4.69, 9.17) is 4.79 Å². The van der Waals surface area contributed by atoms with Gasteiger partial charge in [0.15, 0.2) is 0 Å². The summed E-state index contributed by atoms with van der Waals surface area (Å²) in [6, 6.07) is 3.04. The highest BCUT2D eigenvalue weighted by Gasteiger charge is 2.25. The zero-order chi connectivity index (χ0) is 16.8. The number of aldehydes is 1. The highest BCUT2D eigenvalue weighted by molar-refractivity contribution is 5.94. The summed E-state index contributed by atoms with van der Waals surface area (Å²) in [4.78, 5) is 20.2. The van der Waals surface area contributed by atoms with Crippen molar-refractivity contribution < 1.29 is 31.5 Å². The van der Waals surface area contributed by atoms with Crippen LogP contribution in [0, 0.1) is 17.0 Å². The standard InChI is InChI=1S/C11H13F2NO.C2HF3O/c1-11(2,3)10(15)14-9-5-4-7(12)6-8(9)13;3-2(4,5)1-6/h4-6H,1-3H3,(H,14,15);1H. The number of hydrogen-bond acceptors (Lipinski definition) is 2. The van der Waals surface area contributed by atoms with Crippen LogP contribution in [0.4, 0.5) is 27.6 Å². The van der Waals surface area contributed by atoms with E-state index in [2.05, 4.69) is 5.32 Å². The molecule has 1 rings (SSSR count). The number of carbonyl (C=O) groups excluding carboxylic acids is 2. The molecule has 0 radical (unpaired) electrons. The van der Waals surface area contributed by atoms with Crippen LogP contribution in [0.2, 0.25) is 0 Å². The molecule has 0 unspecified atom stereocenters. The lowest BCUT2D eigenvalue weighted by atomic mass is 9.95. The smallest absolute Gasteiger partial charge is 0.323 e. The van der Waals surface area contributed by atoms with E-state index in [1.165, 1.54) is 6.07 Å². The number of halogens is 5. The summed E-state index contributed by atoms with van der Waals surface area (Å²) in [6.45, 7) is 5.14. The van der Waals surface area contributed by atoms with Gasteiger partial charge in [0.2, 0.25) is 12.2 Å². The van der Waals surface area contributed by atoms with Gasteiger partial charge < -0.3 is 5.32 Å². The molecule has 1 N–H and O–H groups in total. The molecule has 0 aliphatic heterocycles. The molecular formula is C13H14F5NO2. The molecule has 0 fully saturated rings. The molecule has 3 nitrogen and oxygen atoms in total. The van der Waals surface area contributed by atoms with Gasteiger partial charge in [-0.1, -0.05) is 20.8 Å². The second-order valence-corrected chi connectivity index (χ2v) is 4.99. The van der Waals surface area contributed by atoms with E-state index in [0.29, 0.717) is 0 Å². The Morgan fingerprint density at radius 3 is 1.95 bits per heavy atom. The van der Waals surface area contributed by atoms with Crippen LogP contribution in [0.25, 0.3) is 0 Å². The molecule has 118 valence electrons. The summed E-state index contributed by atoms with van der Waals surface area (Å²) in [5.41, 5.74) is -0.614. The number of rotatable bonds is 1. The maximum atomic E-state index is 13.1. The molecule has 0 saturated heterocycles. The van der Waals surface area contributed by atoms with Gasteiger partial charge in [0.1, 0.15) is 11.6 Å². The number of carbonyl (C=O) groups is 2. The van der Waals surface area contributed by atoms with Crippen molar-refractivity contribution in [2.45, 2.75) is 26.9 Å². The van der Waals surface area contributed by atoms with Gasteiger partial charge in [-0.25, -0.2) is 8.78 Å². The van der Waals surface area contributed by atoms with Crippen molar-refractivity contribution in [3.63, 3.8) is 0 Å². The van der Waals surface area contributed by atoms with Gasteiger partial charge in [0.05, 0.1) is 5.69 Å². The van der Waals surface area contributed by atoms with Crippen LogP contribution in [0.1, 0.15) is 20.8 Å². The summed E-state index contributed by atoms with van der Waals surface area (Å²) in [6.07, 6.45) is -5.70. The lowest BCUT2D eigenvalue weighted by Gasteiger charge is -2.17. The number of nitrogens with one attached hydrogen (secondary N) is 1. The lowest BCUT2D eigenvalue weighted by Crippen LogP contribution is -2.28. The number of alkyl halides is 3. The molecule has 8 heteroatoms. The van der Waals surface area contributed by atoms with Crippen LogP contribution in [0.5, 0.6) is 0 Å². The Bertz CT molecular complexity index is 506. The molecule has 21 heavy (non-hydrogen) atoms. The van der Waals surface area contributed by atoms with Crippen molar-refractivity contribution in [3.05, 3.63) is 29.8 Å². The quantitative estimate of drug-likeness (QED) is 0.635. The van der Waals surface area contributed by atoms with Crippen LogP contribution in [0.3, 0.4) is 0 Å². The first-order valence-corrected chi connectivity index (χ1v) is 5.66. The minimum Gasteiger partial charge on any atom is -0.323 e. The zero-order valence-corrected chi connectivity index (χ0v) is 11.5. The third-order valence-corrected chi connectivity index (χ3v) is 1.99. The maximum Gasteiger partial charge on any atom is 0.446 e. The van der Waals surface area contributed by atoms with Gasteiger partial charge in [-0.3, -0.25) is 9.59 Å². The van der Waals surface area contributed by atoms with Gasteiger partial charge in [-0.2, -0.15) is 13.2 Å². The molecule has 0 heterocycles. The van der Waals surface area contributed by atoms with Gasteiger partial charge in [0.25, 0.3) is 0 Å². The van der Waals surface area contributed by atoms with Crippen molar-refractivity contribution in [3.8, 4) is 0 Å². The van der Waals surface area contributed by atoms with Crippen LogP contribution in [0.15, 0.2) is 18.2 Å². The van der Waals surface area contributed by atoms with Crippen molar-refractivity contribution >= 4 is 17.9 Å². The Morgan fingerprint density at radius 1 is 1.14 bits per heavy atom. The second-order valence-electron chi connectivity index (χ2n) is 4.99. The summed E-state index contributed by atoms with van der Waals surface area (Å²) in [5.74, 6) is -1.75. The number of benzene rings is 1. The molecule has 0 aliphatic rings. The van der Waals surface area contributed by atoms with E-state index < -0.39 is 29.5 Å². The average molecular weight is 311 g/mol. The predicted octanol–water partition coefficient (Wildman–Crippen LogP) is 3.70. The van der Waals surface area contributed by atoms with E-state index in [1.807, 2.05) is 0 Å². The third-order valence-electron chi connectivity index (χ3n) is 1.99. The summed E-state index contributed by atoms with van der Waals surface area (Å²) in [5, 5.41) is 2.40. The SMILES string of the molecule is CC(C)(C)C(=O)Nc1ccc(F)cc1F.O=CC(F)(F)F. The molecule has 0 atom stereocenters. The van der Waals surface area contributed by atoms with E-state index in [-0.39, 0.29) is 11.6 Å². The number of anilines is 1. The summed E-state index contributed by atoms with van der Waals surface area (Å²) >= 11 is 0. The molecular weight excluding hydrogens is 297 g/mol. The zero-order valence-electron chi connectivity index (χ0n) is 11.5. The molecule has 0 saturated carbocycles. The van der Waals surface area contributed by atoms with Crippen LogP contribution in [-0.4, -0.2) is 18.4 Å². The van der Waals surface area contributed by atoms with E-state index in [0.717, 1.165) is 12.1 Å². The normalized spacial score (nSPS) is 11.2. The highest BCUT2D eigenvalue weighted by atomic mass is 19.4. The molecule has 0 spiro atoms. The van der Waals surface area contributed by atoms with Crippen LogP contribution in [-0.2, 0) is 9.59 Å². The Kier molecular flexibility index (Phi) is 6.47. The summed E-state index contributed by atoms with van der Waals surface area (Å²) in [7, 11) is 0. The van der Waals surface area contributed by atoms with E-state index in [9.17, 15) is 26.7 Å². The predicted molar refractivity (Wildman–Crippen MR) is 66.6 cm³/mol. The van der Waals surface area contributed by atoms with Crippen molar-refractivity contribution in [2.75, 3.05) is 5.32 Å². The van der Waals surface area contributed by atoms with Gasteiger partial charge >= 0.3 is 6.18 Å². The van der Waals surface area contributed by atoms with Crippen molar-refractivity contribution in [1.82, 2.24) is 0 Å². The van der Waals surface area contributed by atoms with Crippen LogP contribution >= 0.6 is 0 Å². The average Bonchev–Trinajstić information content (AvgIpc) is 2.31. The van der Waals surface area contributed by atoms with Gasteiger partial charge in [0, 0.05) is 11.5 Å². The Balaban J connectivity index is 0.000000567. The van der Waals surface area contributed by atoms with E-state index in [1.54, 1.807) is 20.8 Å². The fourth-order valence-corrected chi connectivity index (χ4v) is 0.901. The van der Waals surface area contributed by atoms with Gasteiger partial charge in [-0.15, -0.1) is 0 Å². The first-order valence-electron chi connectivity index (χ1n) is 5.66. The van der Waals surface area contributed by atoms with Crippen LogP contribution < -0.4 is 5.32 Å². The molecule has 1 amide bonds. The maximum absolute atomic E-state index is 13.1. The summed E-state index contributed by atoms with van der Waals surface area (Å²) < 4.78 is 57.0. The first-order chi connectivity index (χ1) is 9.36. The highest BCUT2D eigenvalue weighted by Crippen LogP contribution is 2.20. The minimum atomic E-state index is -4.64. The van der Waals surface area contributed by atoms with Gasteiger partial charge in [-0.05, 0) is 12.1 Å². The van der Waals surface area contributed by atoms with Crippen molar-refractivity contribution in [2.24, 2.45) is 5.41 Å². The van der Waals surface area contributed by atoms with E-state index >= 15 is 0 Å².